The minimum Gasteiger partial charge on any atom is -0.458 e. The average molecular weight is 584 g/mol. The first kappa shape index (κ1) is 30.5. The molecule has 0 aliphatic heterocycles. The summed E-state index contributed by atoms with van der Waals surface area (Å²) in [6, 6.07) is 6.00. The van der Waals surface area contributed by atoms with Crippen molar-refractivity contribution in [2.75, 3.05) is 13.2 Å². The fourth-order valence-corrected chi connectivity index (χ4v) is 8.79. The van der Waals surface area contributed by atoms with Crippen molar-refractivity contribution < 1.29 is 38.5 Å². The molecule has 8 nitrogen and oxygen atoms in total. The lowest BCUT2D eigenvalue weighted by atomic mass is 9.45. The van der Waals surface area contributed by atoms with Crippen LogP contribution < -0.4 is 5.32 Å². The lowest BCUT2D eigenvalue weighted by Crippen LogP contribution is -2.62. The van der Waals surface area contributed by atoms with E-state index in [2.05, 4.69) is 12.2 Å². The SMILES string of the molecule is C[C@]12CCC(=O)C=C1CC[C@H]1[C@@H]2[C@@H](O)C[C@]2(C)[C@H]1CC[C@]2(O)C(=O)COC(=O)CCC(=O)NCCc1ccc(F)cc1. The normalized spacial score (nSPS) is 35.4. The number of amides is 1. The summed E-state index contributed by atoms with van der Waals surface area (Å²) in [6.07, 6.45) is 5.22. The number of nitrogens with one attached hydrogen (secondary N) is 1. The second-order valence-corrected chi connectivity index (χ2v) is 13.3. The third-order valence-corrected chi connectivity index (χ3v) is 11.1. The maximum absolute atomic E-state index is 13.4. The van der Waals surface area contributed by atoms with Gasteiger partial charge in [-0.3, -0.25) is 19.2 Å². The van der Waals surface area contributed by atoms with Crippen LogP contribution in [0.25, 0.3) is 0 Å². The van der Waals surface area contributed by atoms with Crippen LogP contribution in [0.5, 0.6) is 0 Å². The molecule has 0 aromatic heterocycles. The van der Waals surface area contributed by atoms with Crippen LogP contribution in [0, 0.1) is 34.4 Å². The molecule has 1 aromatic rings. The number of carbonyl (C=O) groups excluding carboxylic acids is 4. The number of hydrogen-bond acceptors (Lipinski definition) is 7. The summed E-state index contributed by atoms with van der Waals surface area (Å²) in [6.45, 7) is 3.80. The van der Waals surface area contributed by atoms with Crippen LogP contribution in [0.1, 0.15) is 77.2 Å². The summed E-state index contributed by atoms with van der Waals surface area (Å²) in [5, 5.41) is 26.0. The third-order valence-electron chi connectivity index (χ3n) is 11.1. The molecule has 42 heavy (non-hydrogen) atoms. The molecule has 228 valence electrons. The first-order valence-electron chi connectivity index (χ1n) is 15.2. The van der Waals surface area contributed by atoms with Crippen LogP contribution >= 0.6 is 0 Å². The largest absolute Gasteiger partial charge is 0.458 e. The molecule has 3 N–H and O–H groups in total. The van der Waals surface area contributed by atoms with E-state index in [4.69, 9.17) is 4.74 Å². The van der Waals surface area contributed by atoms with Crippen molar-refractivity contribution in [3.8, 4) is 0 Å². The van der Waals surface area contributed by atoms with Gasteiger partial charge in [0.25, 0.3) is 0 Å². The number of aliphatic hydroxyl groups is 2. The maximum Gasteiger partial charge on any atom is 0.306 e. The Balaban J connectivity index is 1.13. The molecule has 0 saturated heterocycles. The number of hydrogen-bond donors (Lipinski definition) is 3. The summed E-state index contributed by atoms with van der Waals surface area (Å²) >= 11 is 0. The van der Waals surface area contributed by atoms with E-state index in [1.54, 1.807) is 18.2 Å². The van der Waals surface area contributed by atoms with Crippen LogP contribution in [-0.4, -0.2) is 58.5 Å². The molecular formula is C33H42FNO7. The Morgan fingerprint density at radius 3 is 2.55 bits per heavy atom. The Hall–Kier alpha value is -2.91. The predicted molar refractivity (Wildman–Crippen MR) is 151 cm³/mol. The number of fused-ring (bicyclic) bond motifs is 5. The van der Waals surface area contributed by atoms with Crippen molar-refractivity contribution in [2.45, 2.75) is 89.8 Å². The third kappa shape index (κ3) is 5.46. The number of allylic oxidation sites excluding steroid dienone is 1. The minimum absolute atomic E-state index is 0.0270. The summed E-state index contributed by atoms with van der Waals surface area (Å²) in [7, 11) is 0. The molecule has 4 aliphatic rings. The van der Waals surface area contributed by atoms with Crippen LogP contribution in [0.3, 0.4) is 0 Å². The van der Waals surface area contributed by atoms with Gasteiger partial charge >= 0.3 is 5.97 Å². The summed E-state index contributed by atoms with van der Waals surface area (Å²) in [5.74, 6) is -1.65. The van der Waals surface area contributed by atoms with Crippen molar-refractivity contribution in [1.82, 2.24) is 5.32 Å². The van der Waals surface area contributed by atoms with E-state index in [-0.39, 0.29) is 66.4 Å². The first-order chi connectivity index (χ1) is 19.9. The molecule has 1 amide bonds. The lowest BCUT2D eigenvalue weighted by molar-refractivity contribution is -0.184. The molecule has 5 rings (SSSR count). The zero-order valence-corrected chi connectivity index (χ0v) is 24.5. The number of halogens is 1. The van der Waals surface area contributed by atoms with Gasteiger partial charge in [-0.2, -0.15) is 0 Å². The van der Waals surface area contributed by atoms with Crippen molar-refractivity contribution in [3.05, 3.63) is 47.3 Å². The molecule has 0 radical (unpaired) electrons. The van der Waals surface area contributed by atoms with Crippen molar-refractivity contribution in [3.63, 3.8) is 0 Å². The van der Waals surface area contributed by atoms with Gasteiger partial charge in [0.1, 0.15) is 11.4 Å². The Labute approximate surface area is 246 Å². The molecule has 0 spiro atoms. The number of ketones is 2. The van der Waals surface area contributed by atoms with Gasteiger partial charge in [0.15, 0.2) is 12.4 Å². The van der Waals surface area contributed by atoms with Gasteiger partial charge in [0.2, 0.25) is 11.7 Å². The van der Waals surface area contributed by atoms with E-state index in [0.29, 0.717) is 32.2 Å². The quantitative estimate of drug-likeness (QED) is 0.379. The van der Waals surface area contributed by atoms with Crippen LogP contribution in [-0.2, 0) is 30.3 Å². The molecule has 3 fully saturated rings. The molecule has 3 saturated carbocycles. The number of esters is 1. The molecule has 4 aliphatic carbocycles. The van der Waals surface area contributed by atoms with Crippen LogP contribution in [0.2, 0.25) is 0 Å². The predicted octanol–water partition coefficient (Wildman–Crippen LogP) is 3.61. The number of ether oxygens (including phenoxy) is 1. The fourth-order valence-electron chi connectivity index (χ4n) is 8.79. The van der Waals surface area contributed by atoms with Crippen LogP contribution in [0.15, 0.2) is 35.9 Å². The van der Waals surface area contributed by atoms with Crippen molar-refractivity contribution in [1.29, 1.82) is 0 Å². The Bertz CT molecular complexity index is 1280. The molecule has 0 bridgehead atoms. The molecule has 0 heterocycles. The first-order valence-corrected chi connectivity index (χ1v) is 15.2. The Morgan fingerprint density at radius 2 is 1.81 bits per heavy atom. The van der Waals surface area contributed by atoms with Gasteiger partial charge in [-0.25, -0.2) is 4.39 Å². The highest BCUT2D eigenvalue weighted by molar-refractivity contribution is 5.92. The summed E-state index contributed by atoms with van der Waals surface area (Å²) in [5.41, 5.74) is -0.836. The zero-order valence-electron chi connectivity index (χ0n) is 24.5. The van der Waals surface area contributed by atoms with Gasteiger partial charge in [-0.05, 0) is 91.9 Å². The topological polar surface area (TPSA) is 130 Å². The van der Waals surface area contributed by atoms with E-state index >= 15 is 0 Å². The summed E-state index contributed by atoms with van der Waals surface area (Å²) in [4.78, 5) is 50.0. The monoisotopic (exact) mass is 583 g/mol. The van der Waals surface area contributed by atoms with Gasteiger partial charge < -0.3 is 20.3 Å². The van der Waals surface area contributed by atoms with Gasteiger partial charge in [0.05, 0.1) is 12.5 Å². The van der Waals surface area contributed by atoms with E-state index in [0.717, 1.165) is 24.0 Å². The molecule has 9 heteroatoms. The number of carbonyl (C=O) groups is 4. The second-order valence-electron chi connectivity index (χ2n) is 13.3. The number of aliphatic hydroxyl groups excluding tert-OH is 1. The summed E-state index contributed by atoms with van der Waals surface area (Å²) < 4.78 is 18.2. The van der Waals surface area contributed by atoms with Crippen molar-refractivity contribution in [2.24, 2.45) is 28.6 Å². The van der Waals surface area contributed by atoms with E-state index < -0.39 is 35.5 Å². The smallest absolute Gasteiger partial charge is 0.306 e. The number of benzene rings is 1. The highest BCUT2D eigenvalue weighted by atomic mass is 19.1. The van der Waals surface area contributed by atoms with E-state index in [1.165, 1.54) is 12.1 Å². The van der Waals surface area contributed by atoms with E-state index in [1.807, 2.05) is 6.92 Å². The molecule has 7 atom stereocenters. The average Bonchev–Trinajstić information content (AvgIpc) is 3.22. The van der Waals surface area contributed by atoms with Crippen LogP contribution in [0.4, 0.5) is 4.39 Å². The Kier molecular flexibility index (Phi) is 8.47. The highest BCUT2D eigenvalue weighted by Crippen LogP contribution is 2.67. The maximum atomic E-state index is 13.4. The number of Topliss-reactive ketones (excluding diaryl/α,β-unsaturated/α-hetero) is 1. The van der Waals surface area contributed by atoms with Gasteiger partial charge in [-0.1, -0.05) is 31.6 Å². The van der Waals surface area contributed by atoms with Gasteiger partial charge in [-0.15, -0.1) is 0 Å². The lowest BCUT2D eigenvalue weighted by Gasteiger charge is -2.60. The molecular weight excluding hydrogens is 541 g/mol. The van der Waals surface area contributed by atoms with Gasteiger partial charge in [0, 0.05) is 24.8 Å². The zero-order chi connectivity index (χ0) is 30.3. The standard InChI is InChI=1S/C33H42FNO7/c1-31-14-11-23(36)17-21(31)5-8-24-25-12-15-33(41,32(25,2)18-26(37)30(24)31)27(38)19-42-29(40)10-9-28(39)35-16-13-20-3-6-22(34)7-4-20/h3-4,6-7,17,24-26,30,37,41H,5,8-16,18-19H2,1-2H3,(H,35,39)/t24-,25+,26+,30-,31+,32-,33+/m1/s1. The Morgan fingerprint density at radius 1 is 1.07 bits per heavy atom. The number of rotatable bonds is 9. The molecule has 1 aromatic carbocycles. The van der Waals surface area contributed by atoms with E-state index in [9.17, 15) is 33.8 Å². The second kappa shape index (κ2) is 11.6. The molecule has 0 unspecified atom stereocenters. The minimum atomic E-state index is -1.72. The van der Waals surface area contributed by atoms with Crippen molar-refractivity contribution >= 4 is 23.4 Å². The highest BCUT2D eigenvalue weighted by Gasteiger charge is 2.68. The fraction of sp³-hybridized carbons (Fsp3) is 0.636.